The molecular weight excluding hydrogens is 347 g/mol. The summed E-state index contributed by atoms with van der Waals surface area (Å²) >= 11 is 12.1. The molecule has 2 amide bonds. The molecule has 0 aliphatic carbocycles. The van der Waals surface area contributed by atoms with Crippen LogP contribution in [0.2, 0.25) is 10.0 Å². The van der Waals surface area contributed by atoms with E-state index in [1.165, 1.54) is 11.8 Å². The Balaban J connectivity index is 2.06. The molecule has 0 bridgehead atoms. The maximum Gasteiger partial charge on any atom is 0.240 e. The fraction of sp³-hybridized carbons (Fsp3) is 0.222. The second-order valence-corrected chi connectivity index (χ2v) is 6.23. The number of carbonyl (C=O) groups excluding carboxylic acids is 2. The number of anilines is 1. The molecule has 1 N–H and O–H groups in total. The van der Waals surface area contributed by atoms with E-state index in [1.807, 2.05) is 31.2 Å². The molecule has 0 saturated heterocycles. The molecule has 0 spiro atoms. The van der Waals surface area contributed by atoms with Crippen LogP contribution < -0.4 is 10.2 Å². The van der Waals surface area contributed by atoms with Gasteiger partial charge in [-0.2, -0.15) is 0 Å². The molecule has 0 aliphatic rings. The van der Waals surface area contributed by atoms with Gasteiger partial charge < -0.3 is 10.2 Å². The van der Waals surface area contributed by atoms with Crippen molar-refractivity contribution in [2.75, 3.05) is 11.4 Å². The lowest BCUT2D eigenvalue weighted by atomic mass is 10.1. The Labute approximate surface area is 151 Å². The summed E-state index contributed by atoms with van der Waals surface area (Å²) in [7, 11) is 0. The first-order valence-electron chi connectivity index (χ1n) is 7.43. The smallest absolute Gasteiger partial charge is 0.240 e. The number of carbonyl (C=O) groups is 2. The molecule has 6 heteroatoms. The second-order valence-electron chi connectivity index (χ2n) is 5.44. The maximum absolute atomic E-state index is 12.2. The number of hydrogen-bond acceptors (Lipinski definition) is 2. The lowest BCUT2D eigenvalue weighted by molar-refractivity contribution is -0.123. The Bertz CT molecular complexity index is 762. The van der Waals surface area contributed by atoms with Gasteiger partial charge in [-0.15, -0.1) is 0 Å². The summed E-state index contributed by atoms with van der Waals surface area (Å²) in [4.78, 5) is 25.4. The van der Waals surface area contributed by atoms with E-state index in [0.717, 1.165) is 11.1 Å². The van der Waals surface area contributed by atoms with E-state index in [0.29, 0.717) is 17.3 Å². The molecule has 2 aromatic rings. The van der Waals surface area contributed by atoms with Crippen LogP contribution >= 0.6 is 23.2 Å². The molecule has 24 heavy (non-hydrogen) atoms. The summed E-state index contributed by atoms with van der Waals surface area (Å²) in [6.45, 7) is 3.64. The molecule has 0 saturated carbocycles. The zero-order valence-electron chi connectivity index (χ0n) is 13.5. The summed E-state index contributed by atoms with van der Waals surface area (Å²) in [5.41, 5.74) is 2.54. The van der Waals surface area contributed by atoms with Crippen LogP contribution in [0.15, 0.2) is 42.5 Å². The van der Waals surface area contributed by atoms with E-state index in [9.17, 15) is 9.59 Å². The Morgan fingerprint density at radius 2 is 1.83 bits per heavy atom. The van der Waals surface area contributed by atoms with E-state index >= 15 is 0 Å². The fourth-order valence-corrected chi connectivity index (χ4v) is 2.69. The number of nitrogens with zero attached hydrogens (tertiary/aromatic N) is 1. The van der Waals surface area contributed by atoms with E-state index < -0.39 is 0 Å². The lowest BCUT2D eigenvalue weighted by Crippen LogP contribution is -2.39. The molecule has 0 fully saturated rings. The number of nitrogens with one attached hydrogen (secondary N) is 1. The maximum atomic E-state index is 12.2. The SMILES string of the molecule is CC(=O)N(CC(=O)NCc1cccc(C)c1)c1cccc(Cl)c1Cl. The second kappa shape index (κ2) is 8.18. The van der Waals surface area contributed by atoms with Gasteiger partial charge in [0.05, 0.1) is 15.7 Å². The molecule has 0 aliphatic heterocycles. The highest BCUT2D eigenvalue weighted by atomic mass is 35.5. The van der Waals surface area contributed by atoms with Crippen molar-refractivity contribution in [3.8, 4) is 0 Å². The standard InChI is InChI=1S/C18H18Cl2N2O2/c1-12-5-3-6-14(9-12)10-21-17(24)11-22(13(2)23)16-8-4-7-15(19)18(16)20/h3-9H,10-11H2,1-2H3,(H,21,24). The Morgan fingerprint density at radius 3 is 2.50 bits per heavy atom. The van der Waals surface area contributed by atoms with Gasteiger partial charge in [0, 0.05) is 13.5 Å². The van der Waals surface area contributed by atoms with Crippen LogP contribution in [-0.2, 0) is 16.1 Å². The first kappa shape index (κ1) is 18.3. The van der Waals surface area contributed by atoms with Crippen LogP contribution in [0.25, 0.3) is 0 Å². The summed E-state index contributed by atoms with van der Waals surface area (Å²) in [5, 5.41) is 3.39. The number of aryl methyl sites for hydroxylation is 1. The molecule has 4 nitrogen and oxygen atoms in total. The van der Waals surface area contributed by atoms with Gasteiger partial charge >= 0.3 is 0 Å². The molecule has 0 radical (unpaired) electrons. The third-order valence-corrected chi connectivity index (χ3v) is 4.28. The lowest BCUT2D eigenvalue weighted by Gasteiger charge is -2.22. The minimum absolute atomic E-state index is 0.124. The summed E-state index contributed by atoms with van der Waals surface area (Å²) in [6.07, 6.45) is 0. The zero-order chi connectivity index (χ0) is 17.7. The van der Waals surface area contributed by atoms with Crippen LogP contribution in [-0.4, -0.2) is 18.4 Å². The summed E-state index contributed by atoms with van der Waals surface area (Å²) in [5.74, 6) is -0.562. The monoisotopic (exact) mass is 364 g/mol. The van der Waals surface area contributed by atoms with E-state index in [2.05, 4.69) is 5.32 Å². The molecule has 2 aromatic carbocycles. The van der Waals surface area contributed by atoms with Gasteiger partial charge in [-0.25, -0.2) is 0 Å². The number of amides is 2. The van der Waals surface area contributed by atoms with Gasteiger partial charge in [-0.05, 0) is 24.6 Å². The molecule has 2 rings (SSSR count). The first-order chi connectivity index (χ1) is 11.4. The summed E-state index contributed by atoms with van der Waals surface area (Å²) in [6, 6.07) is 12.8. The third-order valence-electron chi connectivity index (χ3n) is 3.48. The van der Waals surface area contributed by atoms with Crippen LogP contribution in [0.4, 0.5) is 5.69 Å². The van der Waals surface area contributed by atoms with Crippen molar-refractivity contribution in [2.24, 2.45) is 0 Å². The Kier molecular flexibility index (Phi) is 6.23. The normalized spacial score (nSPS) is 10.3. The average molecular weight is 365 g/mol. The zero-order valence-corrected chi connectivity index (χ0v) is 15.0. The number of hydrogen-bond donors (Lipinski definition) is 1. The molecular formula is C18H18Cl2N2O2. The molecule has 0 aromatic heterocycles. The van der Waals surface area contributed by atoms with E-state index in [1.54, 1.807) is 18.2 Å². The van der Waals surface area contributed by atoms with Gasteiger partial charge in [0.1, 0.15) is 6.54 Å². The largest absolute Gasteiger partial charge is 0.350 e. The van der Waals surface area contributed by atoms with E-state index in [4.69, 9.17) is 23.2 Å². The number of benzene rings is 2. The van der Waals surface area contributed by atoms with Crippen molar-refractivity contribution >= 4 is 40.7 Å². The predicted molar refractivity (Wildman–Crippen MR) is 97.5 cm³/mol. The molecule has 0 atom stereocenters. The fourth-order valence-electron chi connectivity index (χ4n) is 2.29. The van der Waals surface area contributed by atoms with Crippen molar-refractivity contribution in [3.63, 3.8) is 0 Å². The highest BCUT2D eigenvalue weighted by Crippen LogP contribution is 2.32. The van der Waals surface area contributed by atoms with Crippen LogP contribution in [0.3, 0.4) is 0 Å². The highest BCUT2D eigenvalue weighted by Gasteiger charge is 2.19. The summed E-state index contributed by atoms with van der Waals surface area (Å²) < 4.78 is 0. The molecule has 126 valence electrons. The number of halogens is 2. The van der Waals surface area contributed by atoms with Crippen LogP contribution in [0.1, 0.15) is 18.1 Å². The van der Waals surface area contributed by atoms with Crippen molar-refractivity contribution in [1.29, 1.82) is 0 Å². The van der Waals surface area contributed by atoms with Crippen molar-refractivity contribution in [2.45, 2.75) is 20.4 Å². The minimum Gasteiger partial charge on any atom is -0.350 e. The van der Waals surface area contributed by atoms with Crippen LogP contribution in [0.5, 0.6) is 0 Å². The average Bonchev–Trinajstić information content (AvgIpc) is 2.53. The van der Waals surface area contributed by atoms with Gasteiger partial charge in [0.25, 0.3) is 0 Å². The first-order valence-corrected chi connectivity index (χ1v) is 8.18. The minimum atomic E-state index is -0.287. The van der Waals surface area contributed by atoms with Crippen molar-refractivity contribution < 1.29 is 9.59 Å². The van der Waals surface area contributed by atoms with Gasteiger partial charge in [0.15, 0.2) is 0 Å². The topological polar surface area (TPSA) is 49.4 Å². The molecule has 0 heterocycles. The Morgan fingerprint density at radius 1 is 1.12 bits per heavy atom. The van der Waals surface area contributed by atoms with Gasteiger partial charge in [-0.1, -0.05) is 59.1 Å². The number of rotatable bonds is 5. The quantitative estimate of drug-likeness (QED) is 0.872. The van der Waals surface area contributed by atoms with Crippen molar-refractivity contribution in [1.82, 2.24) is 5.32 Å². The highest BCUT2D eigenvalue weighted by molar-refractivity contribution is 6.44. The predicted octanol–water partition coefficient (Wildman–Crippen LogP) is 3.97. The third kappa shape index (κ3) is 4.73. The van der Waals surface area contributed by atoms with Gasteiger partial charge in [0.2, 0.25) is 11.8 Å². The van der Waals surface area contributed by atoms with Crippen molar-refractivity contribution in [3.05, 3.63) is 63.6 Å². The van der Waals surface area contributed by atoms with Gasteiger partial charge in [-0.3, -0.25) is 9.59 Å². The Hall–Kier alpha value is -2.04. The van der Waals surface area contributed by atoms with E-state index in [-0.39, 0.29) is 23.4 Å². The van der Waals surface area contributed by atoms with Crippen LogP contribution in [0, 0.1) is 6.92 Å². The molecule has 0 unspecified atom stereocenters.